The van der Waals surface area contributed by atoms with Crippen LogP contribution in [-0.2, 0) is 4.79 Å². The first kappa shape index (κ1) is 11.3. The van der Waals surface area contributed by atoms with Crippen molar-refractivity contribution in [1.82, 2.24) is 10.3 Å². The van der Waals surface area contributed by atoms with Gasteiger partial charge in [0.25, 0.3) is 0 Å². The van der Waals surface area contributed by atoms with Gasteiger partial charge in [0.2, 0.25) is 5.91 Å². The molecule has 0 aromatic carbocycles. The van der Waals surface area contributed by atoms with E-state index in [0.717, 1.165) is 6.42 Å². The third-order valence-corrected chi connectivity index (χ3v) is 1.85. The highest BCUT2D eigenvalue weighted by Gasteiger charge is 2.01. The number of hydrogen-bond donors (Lipinski definition) is 3. The zero-order chi connectivity index (χ0) is 11.1. The van der Waals surface area contributed by atoms with Gasteiger partial charge in [0.1, 0.15) is 5.82 Å². The van der Waals surface area contributed by atoms with Crippen LogP contribution in [0.25, 0.3) is 0 Å². The second-order valence-electron chi connectivity index (χ2n) is 3.14. The van der Waals surface area contributed by atoms with E-state index in [1.165, 1.54) is 0 Å². The number of amides is 1. The van der Waals surface area contributed by atoms with Crippen molar-refractivity contribution in [1.29, 1.82) is 0 Å². The zero-order valence-electron chi connectivity index (χ0n) is 8.79. The number of carbonyl (C=O) groups is 1. The van der Waals surface area contributed by atoms with Crippen LogP contribution in [0, 0.1) is 0 Å². The Hall–Kier alpha value is -1.78. The Morgan fingerprint density at radius 1 is 1.60 bits per heavy atom. The summed E-state index contributed by atoms with van der Waals surface area (Å²) in [7, 11) is 0. The summed E-state index contributed by atoms with van der Waals surface area (Å²) in [6.07, 6.45) is 2.54. The molecule has 82 valence electrons. The van der Waals surface area contributed by atoms with Crippen LogP contribution >= 0.6 is 0 Å². The molecule has 4 N–H and O–H groups in total. The Balaban J connectivity index is 2.37. The van der Waals surface area contributed by atoms with E-state index < -0.39 is 0 Å². The maximum absolute atomic E-state index is 11.3. The van der Waals surface area contributed by atoms with E-state index in [4.69, 9.17) is 5.73 Å². The molecule has 1 heterocycles. The van der Waals surface area contributed by atoms with E-state index >= 15 is 0 Å². The summed E-state index contributed by atoms with van der Waals surface area (Å²) in [4.78, 5) is 15.2. The third-order valence-electron chi connectivity index (χ3n) is 1.85. The van der Waals surface area contributed by atoms with Gasteiger partial charge in [-0.1, -0.05) is 6.92 Å². The second kappa shape index (κ2) is 5.85. The summed E-state index contributed by atoms with van der Waals surface area (Å²) in [5, 5.41) is 5.68. The quantitative estimate of drug-likeness (QED) is 0.662. The van der Waals surface area contributed by atoms with Gasteiger partial charge in [-0.25, -0.2) is 4.98 Å². The molecule has 1 aromatic rings. The number of nitrogens with one attached hydrogen (secondary N) is 2. The van der Waals surface area contributed by atoms with E-state index in [2.05, 4.69) is 15.6 Å². The molecule has 1 amide bonds. The van der Waals surface area contributed by atoms with Crippen LogP contribution in [0.2, 0.25) is 0 Å². The molecule has 0 aliphatic rings. The topological polar surface area (TPSA) is 80.0 Å². The average Bonchev–Trinajstić information content (AvgIpc) is 2.25. The molecular weight excluding hydrogens is 192 g/mol. The molecule has 15 heavy (non-hydrogen) atoms. The Labute approximate surface area is 89.1 Å². The number of anilines is 2. The molecular formula is C10H16N4O. The summed E-state index contributed by atoms with van der Waals surface area (Å²) in [6, 6.07) is 3.55. The number of rotatable bonds is 5. The molecule has 0 radical (unpaired) electrons. The first-order valence-electron chi connectivity index (χ1n) is 4.95. The summed E-state index contributed by atoms with van der Waals surface area (Å²) >= 11 is 0. The molecule has 1 rings (SSSR count). The average molecular weight is 208 g/mol. The van der Waals surface area contributed by atoms with Gasteiger partial charge >= 0.3 is 0 Å². The van der Waals surface area contributed by atoms with Crippen LogP contribution < -0.4 is 16.4 Å². The molecule has 5 nitrogen and oxygen atoms in total. The van der Waals surface area contributed by atoms with Crippen molar-refractivity contribution in [2.75, 3.05) is 24.1 Å². The first-order valence-corrected chi connectivity index (χ1v) is 4.95. The summed E-state index contributed by atoms with van der Waals surface area (Å²) in [6.45, 7) is 2.92. The Bertz CT molecular complexity index is 327. The maximum atomic E-state index is 11.3. The lowest BCUT2D eigenvalue weighted by molar-refractivity contribution is -0.119. The lowest BCUT2D eigenvalue weighted by Gasteiger charge is -2.08. The Morgan fingerprint density at radius 3 is 3.07 bits per heavy atom. The molecule has 0 saturated carbocycles. The molecule has 0 saturated heterocycles. The highest BCUT2D eigenvalue weighted by atomic mass is 16.1. The number of hydrogen-bond acceptors (Lipinski definition) is 4. The number of nitrogens with zero attached hydrogens (tertiary/aromatic N) is 1. The highest BCUT2D eigenvalue weighted by molar-refractivity contribution is 5.81. The van der Waals surface area contributed by atoms with Crippen LogP contribution in [-0.4, -0.2) is 24.0 Å². The molecule has 5 heteroatoms. The lowest BCUT2D eigenvalue weighted by Crippen LogP contribution is -2.30. The van der Waals surface area contributed by atoms with E-state index in [1.807, 2.05) is 6.92 Å². The minimum absolute atomic E-state index is 0.0416. The predicted molar refractivity (Wildman–Crippen MR) is 60.4 cm³/mol. The van der Waals surface area contributed by atoms with Crippen molar-refractivity contribution in [3.8, 4) is 0 Å². The monoisotopic (exact) mass is 208 g/mol. The van der Waals surface area contributed by atoms with E-state index in [0.29, 0.717) is 18.1 Å². The van der Waals surface area contributed by atoms with E-state index in [1.54, 1.807) is 18.3 Å². The summed E-state index contributed by atoms with van der Waals surface area (Å²) in [5.74, 6) is 0.362. The largest absolute Gasteiger partial charge is 0.382 e. The molecule has 0 bridgehead atoms. The predicted octanol–water partition coefficient (Wildman–Crippen LogP) is 0.602. The minimum Gasteiger partial charge on any atom is -0.382 e. The fraction of sp³-hybridized carbons (Fsp3) is 0.400. The SMILES string of the molecule is CCCNC(=O)CNc1cccnc1N. The molecule has 0 aliphatic heterocycles. The number of aromatic nitrogens is 1. The number of nitrogen functional groups attached to an aromatic ring is 1. The van der Waals surface area contributed by atoms with Crippen LogP contribution in [0.15, 0.2) is 18.3 Å². The molecule has 0 spiro atoms. The smallest absolute Gasteiger partial charge is 0.239 e. The third kappa shape index (κ3) is 3.84. The molecule has 0 unspecified atom stereocenters. The van der Waals surface area contributed by atoms with Gasteiger partial charge in [-0.3, -0.25) is 4.79 Å². The number of nitrogens with two attached hydrogens (primary N) is 1. The van der Waals surface area contributed by atoms with E-state index in [-0.39, 0.29) is 12.5 Å². The fourth-order valence-electron chi connectivity index (χ4n) is 1.07. The van der Waals surface area contributed by atoms with Crippen molar-refractivity contribution >= 4 is 17.4 Å². The standard InChI is InChI=1S/C10H16N4O/c1-2-5-12-9(15)7-14-8-4-3-6-13-10(8)11/h3-4,6,14H,2,5,7H2,1H3,(H2,11,13)(H,12,15). The van der Waals surface area contributed by atoms with Crippen molar-refractivity contribution < 1.29 is 4.79 Å². The second-order valence-corrected chi connectivity index (χ2v) is 3.14. The van der Waals surface area contributed by atoms with Gasteiger partial charge in [0.05, 0.1) is 12.2 Å². The number of carbonyl (C=O) groups excluding carboxylic acids is 1. The van der Waals surface area contributed by atoms with Gasteiger partial charge in [0.15, 0.2) is 0 Å². The van der Waals surface area contributed by atoms with Gasteiger partial charge in [0, 0.05) is 12.7 Å². The minimum atomic E-state index is -0.0416. The van der Waals surface area contributed by atoms with Crippen LogP contribution in [0.4, 0.5) is 11.5 Å². The normalized spacial score (nSPS) is 9.67. The molecule has 0 atom stereocenters. The molecule has 0 fully saturated rings. The zero-order valence-corrected chi connectivity index (χ0v) is 8.79. The van der Waals surface area contributed by atoms with Crippen molar-refractivity contribution in [2.45, 2.75) is 13.3 Å². The van der Waals surface area contributed by atoms with Crippen molar-refractivity contribution in [3.63, 3.8) is 0 Å². The van der Waals surface area contributed by atoms with Gasteiger partial charge in [-0.2, -0.15) is 0 Å². The maximum Gasteiger partial charge on any atom is 0.239 e. The first-order chi connectivity index (χ1) is 7.24. The Morgan fingerprint density at radius 2 is 2.40 bits per heavy atom. The van der Waals surface area contributed by atoms with Crippen LogP contribution in [0.3, 0.4) is 0 Å². The Kier molecular flexibility index (Phi) is 4.40. The van der Waals surface area contributed by atoms with Crippen molar-refractivity contribution in [3.05, 3.63) is 18.3 Å². The fourth-order valence-corrected chi connectivity index (χ4v) is 1.07. The highest BCUT2D eigenvalue weighted by Crippen LogP contribution is 2.12. The van der Waals surface area contributed by atoms with Crippen molar-refractivity contribution in [2.24, 2.45) is 0 Å². The lowest BCUT2D eigenvalue weighted by atomic mass is 10.4. The van der Waals surface area contributed by atoms with Gasteiger partial charge in [-0.05, 0) is 18.6 Å². The molecule has 1 aromatic heterocycles. The number of pyridine rings is 1. The van der Waals surface area contributed by atoms with Crippen LogP contribution in [0.1, 0.15) is 13.3 Å². The van der Waals surface area contributed by atoms with Crippen LogP contribution in [0.5, 0.6) is 0 Å². The summed E-state index contributed by atoms with van der Waals surface area (Å²) < 4.78 is 0. The van der Waals surface area contributed by atoms with E-state index in [9.17, 15) is 4.79 Å². The van der Waals surface area contributed by atoms with Gasteiger partial charge < -0.3 is 16.4 Å². The molecule has 0 aliphatic carbocycles. The van der Waals surface area contributed by atoms with Gasteiger partial charge in [-0.15, -0.1) is 0 Å². The summed E-state index contributed by atoms with van der Waals surface area (Å²) in [5.41, 5.74) is 6.29.